The van der Waals surface area contributed by atoms with Crippen LogP contribution in [0.15, 0.2) is 58.5 Å². The molecule has 1 aromatic heterocycles. The molecule has 0 saturated carbocycles. The number of ether oxygens (including phenoxy) is 1. The third kappa shape index (κ3) is 5.32. The summed E-state index contributed by atoms with van der Waals surface area (Å²) in [6.07, 6.45) is 0. The van der Waals surface area contributed by atoms with Crippen molar-refractivity contribution in [1.29, 1.82) is 0 Å². The normalized spacial score (nSPS) is 11.4. The van der Waals surface area contributed by atoms with E-state index in [1.54, 1.807) is 17.8 Å². The molecule has 0 bridgehead atoms. The van der Waals surface area contributed by atoms with Crippen LogP contribution in [0, 0.1) is 0 Å². The van der Waals surface area contributed by atoms with E-state index in [1.165, 1.54) is 0 Å². The lowest BCUT2D eigenvalue weighted by atomic mass is 10.1. The zero-order valence-electron chi connectivity index (χ0n) is 16.3. The summed E-state index contributed by atoms with van der Waals surface area (Å²) in [5.74, 6) is 1.25. The minimum atomic E-state index is 0.304. The molecule has 0 unspecified atom stereocenters. The fourth-order valence-electron chi connectivity index (χ4n) is 2.96. The number of imidazole rings is 1. The van der Waals surface area contributed by atoms with Crippen molar-refractivity contribution in [1.82, 2.24) is 9.55 Å². The van der Waals surface area contributed by atoms with Gasteiger partial charge in [-0.2, -0.15) is 0 Å². The van der Waals surface area contributed by atoms with E-state index in [1.807, 2.05) is 30.3 Å². The van der Waals surface area contributed by atoms with Gasteiger partial charge in [0.25, 0.3) is 0 Å². The predicted molar refractivity (Wildman–Crippen MR) is 118 cm³/mol. The van der Waals surface area contributed by atoms with E-state index in [-0.39, 0.29) is 0 Å². The van der Waals surface area contributed by atoms with Gasteiger partial charge in [0.1, 0.15) is 17.5 Å². The van der Waals surface area contributed by atoms with Crippen LogP contribution in [0.2, 0.25) is 10.0 Å². The quantitative estimate of drug-likeness (QED) is 0.374. The van der Waals surface area contributed by atoms with Crippen LogP contribution in [0.3, 0.4) is 0 Å². The van der Waals surface area contributed by atoms with Gasteiger partial charge in [0.2, 0.25) is 0 Å². The van der Waals surface area contributed by atoms with Crippen LogP contribution < -0.4 is 0 Å². The summed E-state index contributed by atoms with van der Waals surface area (Å²) in [7, 11) is 0. The van der Waals surface area contributed by atoms with E-state index in [2.05, 4.69) is 37.5 Å². The Bertz CT molecular complexity index is 906. The Morgan fingerprint density at radius 1 is 1.04 bits per heavy atom. The lowest BCUT2D eigenvalue weighted by Crippen LogP contribution is -2.05. The highest BCUT2D eigenvalue weighted by atomic mass is 35.5. The molecule has 0 aliphatic carbocycles. The average molecular weight is 435 g/mol. The van der Waals surface area contributed by atoms with E-state index in [4.69, 9.17) is 32.9 Å². The number of halogens is 2. The van der Waals surface area contributed by atoms with Gasteiger partial charge in [-0.3, -0.25) is 0 Å². The van der Waals surface area contributed by atoms with E-state index < -0.39 is 0 Å². The molecular weight excluding hydrogens is 411 g/mol. The molecule has 148 valence electrons. The van der Waals surface area contributed by atoms with Crippen molar-refractivity contribution in [3.8, 4) is 0 Å². The van der Waals surface area contributed by atoms with Gasteiger partial charge in [0, 0.05) is 21.5 Å². The monoisotopic (exact) mass is 434 g/mol. The zero-order valence-corrected chi connectivity index (χ0v) is 18.6. The first kappa shape index (κ1) is 21.3. The molecule has 0 fully saturated rings. The van der Waals surface area contributed by atoms with Crippen LogP contribution in [-0.4, -0.2) is 9.55 Å². The standard InChI is InChI=1S/C22H24Cl2N2OS/c1-4-26-20(14-27-13-16-8-6-5-7-9-16)25-21(15(2)3)22(26)28-19-11-17(23)10-18(24)12-19/h5-12,15H,4,13-14H2,1-3H3. The lowest BCUT2D eigenvalue weighted by Gasteiger charge is -2.12. The maximum Gasteiger partial charge on any atom is 0.136 e. The first-order valence-corrected chi connectivity index (χ1v) is 10.9. The largest absolute Gasteiger partial charge is 0.369 e. The van der Waals surface area contributed by atoms with Gasteiger partial charge in [0.05, 0.1) is 12.3 Å². The van der Waals surface area contributed by atoms with Crippen LogP contribution in [0.1, 0.15) is 43.8 Å². The summed E-state index contributed by atoms with van der Waals surface area (Å²) in [6.45, 7) is 8.31. The maximum absolute atomic E-state index is 6.18. The SMILES string of the molecule is CCn1c(COCc2ccccc2)nc(C(C)C)c1Sc1cc(Cl)cc(Cl)c1. The second-order valence-electron chi connectivity index (χ2n) is 6.80. The summed E-state index contributed by atoms with van der Waals surface area (Å²) in [4.78, 5) is 5.91. The molecule has 0 aliphatic rings. The summed E-state index contributed by atoms with van der Waals surface area (Å²) in [5, 5.41) is 2.39. The van der Waals surface area contributed by atoms with E-state index in [9.17, 15) is 0 Å². The molecule has 0 spiro atoms. The van der Waals surface area contributed by atoms with Crippen LogP contribution in [0.4, 0.5) is 0 Å². The lowest BCUT2D eigenvalue weighted by molar-refractivity contribution is 0.0989. The number of hydrogen-bond acceptors (Lipinski definition) is 3. The van der Waals surface area contributed by atoms with Gasteiger partial charge in [-0.1, -0.05) is 79.1 Å². The Morgan fingerprint density at radius 2 is 1.71 bits per heavy atom. The van der Waals surface area contributed by atoms with Crippen molar-refractivity contribution in [2.75, 3.05) is 0 Å². The van der Waals surface area contributed by atoms with Crippen molar-refractivity contribution >= 4 is 35.0 Å². The van der Waals surface area contributed by atoms with Crippen LogP contribution in [0.5, 0.6) is 0 Å². The highest BCUT2D eigenvalue weighted by Gasteiger charge is 2.20. The fraction of sp³-hybridized carbons (Fsp3) is 0.318. The van der Waals surface area contributed by atoms with Crippen LogP contribution >= 0.6 is 35.0 Å². The number of nitrogens with zero attached hydrogens (tertiary/aromatic N) is 2. The minimum absolute atomic E-state index is 0.304. The molecule has 3 nitrogen and oxygen atoms in total. The molecule has 0 amide bonds. The van der Waals surface area contributed by atoms with Gasteiger partial charge in [-0.15, -0.1) is 0 Å². The van der Waals surface area contributed by atoms with Crippen molar-refractivity contribution < 1.29 is 4.74 Å². The Hall–Kier alpha value is -1.46. The third-order valence-electron chi connectivity index (χ3n) is 4.28. The van der Waals surface area contributed by atoms with E-state index in [0.29, 0.717) is 29.2 Å². The fourth-order valence-corrected chi connectivity index (χ4v) is 4.94. The van der Waals surface area contributed by atoms with Crippen molar-refractivity contribution in [3.63, 3.8) is 0 Å². The second kappa shape index (κ2) is 9.84. The summed E-state index contributed by atoms with van der Waals surface area (Å²) in [5.41, 5.74) is 2.23. The van der Waals surface area contributed by atoms with Gasteiger partial charge < -0.3 is 9.30 Å². The second-order valence-corrected chi connectivity index (χ2v) is 8.74. The van der Waals surface area contributed by atoms with Gasteiger partial charge in [-0.05, 0) is 36.6 Å². The first-order valence-electron chi connectivity index (χ1n) is 9.32. The van der Waals surface area contributed by atoms with Crippen LogP contribution in [0.25, 0.3) is 0 Å². The minimum Gasteiger partial charge on any atom is -0.369 e. The molecule has 28 heavy (non-hydrogen) atoms. The molecule has 3 rings (SSSR count). The van der Waals surface area contributed by atoms with E-state index in [0.717, 1.165) is 33.5 Å². The first-order chi connectivity index (χ1) is 13.5. The molecular formula is C22H24Cl2N2OS. The summed E-state index contributed by atoms with van der Waals surface area (Å²) >= 11 is 14.0. The van der Waals surface area contributed by atoms with Crippen LogP contribution in [-0.2, 0) is 24.5 Å². The summed E-state index contributed by atoms with van der Waals surface area (Å²) in [6, 6.07) is 15.8. The Kier molecular flexibility index (Phi) is 7.47. The highest BCUT2D eigenvalue weighted by Crippen LogP contribution is 2.37. The molecule has 1 heterocycles. The van der Waals surface area contributed by atoms with Crippen molar-refractivity contribution in [2.24, 2.45) is 0 Å². The number of hydrogen-bond donors (Lipinski definition) is 0. The van der Waals surface area contributed by atoms with Gasteiger partial charge >= 0.3 is 0 Å². The predicted octanol–water partition coefficient (Wildman–Crippen LogP) is 7.20. The Balaban J connectivity index is 1.84. The molecule has 0 N–H and O–H groups in total. The van der Waals surface area contributed by atoms with E-state index >= 15 is 0 Å². The molecule has 3 aromatic rings. The molecule has 6 heteroatoms. The number of rotatable bonds is 8. The molecule has 0 atom stereocenters. The van der Waals surface area contributed by atoms with Crippen molar-refractivity contribution in [2.45, 2.75) is 56.4 Å². The van der Waals surface area contributed by atoms with Crippen molar-refractivity contribution in [3.05, 3.63) is 75.7 Å². The highest BCUT2D eigenvalue weighted by molar-refractivity contribution is 7.99. The number of aromatic nitrogens is 2. The Labute approximate surface area is 181 Å². The maximum atomic E-state index is 6.18. The molecule has 0 aliphatic heterocycles. The number of benzene rings is 2. The van der Waals surface area contributed by atoms with Gasteiger partial charge in [0.15, 0.2) is 0 Å². The third-order valence-corrected chi connectivity index (χ3v) is 5.81. The average Bonchev–Trinajstić information content (AvgIpc) is 2.99. The zero-order chi connectivity index (χ0) is 20.1. The molecule has 0 saturated heterocycles. The van der Waals surface area contributed by atoms with Gasteiger partial charge in [-0.25, -0.2) is 4.98 Å². The summed E-state index contributed by atoms with van der Waals surface area (Å²) < 4.78 is 8.17. The smallest absolute Gasteiger partial charge is 0.136 e. The molecule has 0 radical (unpaired) electrons. The Morgan fingerprint density at radius 3 is 2.32 bits per heavy atom. The topological polar surface area (TPSA) is 27.1 Å². The molecule has 2 aromatic carbocycles.